The Labute approximate surface area is 108 Å². The van der Waals surface area contributed by atoms with Crippen LogP contribution in [-0.4, -0.2) is 11.4 Å². The highest BCUT2D eigenvalue weighted by molar-refractivity contribution is 6.23. The van der Waals surface area contributed by atoms with Crippen molar-refractivity contribution in [3.05, 3.63) is 60.7 Å². The first-order chi connectivity index (χ1) is 8.69. The Morgan fingerprint density at radius 1 is 0.833 bits per heavy atom. The van der Waals surface area contributed by atoms with E-state index >= 15 is 0 Å². The average molecular weight is 236 g/mol. The second-order valence-corrected chi connectivity index (χ2v) is 5.00. The monoisotopic (exact) mass is 236 g/mol. The molecule has 0 aromatic heterocycles. The van der Waals surface area contributed by atoms with Crippen molar-refractivity contribution in [1.82, 2.24) is 0 Å². The number of benzene rings is 2. The highest BCUT2D eigenvalue weighted by Gasteiger charge is 2.52. The molecule has 0 spiro atoms. The molecular formula is C16H16N2. The maximum Gasteiger partial charge on any atom is 0.136 e. The van der Waals surface area contributed by atoms with Gasteiger partial charge in [0.25, 0.3) is 0 Å². The Kier molecular flexibility index (Phi) is 2.44. The van der Waals surface area contributed by atoms with E-state index in [1.807, 2.05) is 36.4 Å². The van der Waals surface area contributed by atoms with Crippen LogP contribution in [-0.2, 0) is 0 Å². The van der Waals surface area contributed by atoms with E-state index in [0.29, 0.717) is 0 Å². The molecule has 1 aliphatic heterocycles. The van der Waals surface area contributed by atoms with Crippen molar-refractivity contribution in [3.63, 3.8) is 0 Å². The molecule has 0 saturated carbocycles. The van der Waals surface area contributed by atoms with Crippen molar-refractivity contribution in [3.8, 4) is 0 Å². The summed E-state index contributed by atoms with van der Waals surface area (Å²) in [5, 5.41) is 0. The summed E-state index contributed by atoms with van der Waals surface area (Å²) in [7, 11) is 0. The van der Waals surface area contributed by atoms with Crippen LogP contribution in [0.2, 0.25) is 0 Å². The number of hydrogen-bond acceptors (Lipinski definition) is 1. The third-order valence-electron chi connectivity index (χ3n) is 3.27. The molecular weight excluding hydrogens is 220 g/mol. The van der Waals surface area contributed by atoms with Crippen LogP contribution in [0.4, 0.5) is 11.4 Å². The normalized spacial score (nSPS) is 19.0. The molecule has 1 saturated heterocycles. The SMILES string of the molecule is CC1(C)C(=Nc2ccccc2)N1c1ccccc1. The van der Waals surface area contributed by atoms with E-state index < -0.39 is 0 Å². The van der Waals surface area contributed by atoms with Gasteiger partial charge in [-0.1, -0.05) is 36.4 Å². The molecule has 0 aliphatic carbocycles. The fourth-order valence-electron chi connectivity index (χ4n) is 2.23. The summed E-state index contributed by atoms with van der Waals surface area (Å²) in [4.78, 5) is 6.99. The minimum absolute atomic E-state index is 0.0250. The van der Waals surface area contributed by atoms with Gasteiger partial charge in [0.1, 0.15) is 5.84 Å². The van der Waals surface area contributed by atoms with E-state index in [9.17, 15) is 0 Å². The zero-order chi connectivity index (χ0) is 12.6. The minimum Gasteiger partial charge on any atom is -0.315 e. The molecule has 1 fully saturated rings. The third kappa shape index (κ3) is 1.80. The van der Waals surface area contributed by atoms with Gasteiger partial charge in [-0.25, -0.2) is 4.99 Å². The van der Waals surface area contributed by atoms with E-state index in [1.54, 1.807) is 0 Å². The summed E-state index contributed by atoms with van der Waals surface area (Å²) in [6.07, 6.45) is 0. The molecule has 0 amide bonds. The number of amidine groups is 1. The van der Waals surface area contributed by atoms with Crippen LogP contribution in [0.5, 0.6) is 0 Å². The first-order valence-electron chi connectivity index (χ1n) is 6.19. The minimum atomic E-state index is 0.0250. The lowest BCUT2D eigenvalue weighted by atomic mass is 10.2. The van der Waals surface area contributed by atoms with Gasteiger partial charge in [-0.2, -0.15) is 0 Å². The van der Waals surface area contributed by atoms with E-state index in [4.69, 9.17) is 4.99 Å². The fourth-order valence-corrected chi connectivity index (χ4v) is 2.23. The second kappa shape index (κ2) is 3.98. The van der Waals surface area contributed by atoms with Gasteiger partial charge < -0.3 is 4.90 Å². The Bertz CT molecular complexity index is 571. The predicted molar refractivity (Wildman–Crippen MR) is 76.5 cm³/mol. The van der Waals surface area contributed by atoms with Crippen LogP contribution < -0.4 is 4.90 Å². The number of rotatable bonds is 2. The molecule has 1 heterocycles. The standard InChI is InChI=1S/C16H16N2/c1-16(2)15(17-13-9-5-3-6-10-13)18(16)14-11-7-4-8-12-14/h3-12H,1-2H3. The molecule has 90 valence electrons. The molecule has 18 heavy (non-hydrogen) atoms. The van der Waals surface area contributed by atoms with E-state index in [-0.39, 0.29) is 5.54 Å². The summed E-state index contributed by atoms with van der Waals surface area (Å²) in [5.41, 5.74) is 2.24. The molecule has 0 unspecified atom stereocenters. The lowest BCUT2D eigenvalue weighted by Gasteiger charge is -2.04. The number of nitrogens with zero attached hydrogens (tertiary/aromatic N) is 2. The number of para-hydroxylation sites is 2. The molecule has 0 radical (unpaired) electrons. The van der Waals surface area contributed by atoms with E-state index in [0.717, 1.165) is 11.5 Å². The lowest BCUT2D eigenvalue weighted by Crippen LogP contribution is -2.06. The number of aliphatic imine (C=N–C) groups is 1. The molecule has 2 heteroatoms. The zero-order valence-electron chi connectivity index (χ0n) is 10.7. The van der Waals surface area contributed by atoms with Crippen LogP contribution in [0.3, 0.4) is 0 Å². The molecule has 0 atom stereocenters. The van der Waals surface area contributed by atoms with E-state index in [2.05, 4.69) is 43.0 Å². The summed E-state index contributed by atoms with van der Waals surface area (Å²) >= 11 is 0. The van der Waals surface area contributed by atoms with Crippen LogP contribution in [0.25, 0.3) is 0 Å². The Balaban J connectivity index is 1.94. The Hall–Kier alpha value is -2.09. The summed E-state index contributed by atoms with van der Waals surface area (Å²) < 4.78 is 0. The van der Waals surface area contributed by atoms with Crippen molar-refractivity contribution < 1.29 is 0 Å². The topological polar surface area (TPSA) is 15.4 Å². The second-order valence-electron chi connectivity index (χ2n) is 5.00. The van der Waals surface area contributed by atoms with Gasteiger partial charge in [0.15, 0.2) is 0 Å². The largest absolute Gasteiger partial charge is 0.315 e. The third-order valence-corrected chi connectivity index (χ3v) is 3.27. The van der Waals surface area contributed by atoms with Gasteiger partial charge in [0, 0.05) is 5.69 Å². The summed E-state index contributed by atoms with van der Waals surface area (Å²) in [6, 6.07) is 20.5. The smallest absolute Gasteiger partial charge is 0.136 e. The zero-order valence-corrected chi connectivity index (χ0v) is 10.7. The van der Waals surface area contributed by atoms with Crippen LogP contribution in [0, 0.1) is 0 Å². The van der Waals surface area contributed by atoms with Crippen molar-refractivity contribution in [2.75, 3.05) is 4.90 Å². The van der Waals surface area contributed by atoms with Crippen LogP contribution in [0.1, 0.15) is 13.8 Å². The first kappa shape index (κ1) is 11.0. The number of anilines is 1. The van der Waals surface area contributed by atoms with Crippen molar-refractivity contribution in [1.29, 1.82) is 0 Å². The summed E-state index contributed by atoms with van der Waals surface area (Å²) in [6.45, 7) is 4.39. The van der Waals surface area contributed by atoms with Crippen molar-refractivity contribution in [2.24, 2.45) is 4.99 Å². The molecule has 2 aromatic rings. The van der Waals surface area contributed by atoms with Gasteiger partial charge in [-0.05, 0) is 38.1 Å². The Morgan fingerprint density at radius 2 is 1.39 bits per heavy atom. The number of hydrogen-bond donors (Lipinski definition) is 0. The quantitative estimate of drug-likeness (QED) is 0.719. The molecule has 2 nitrogen and oxygen atoms in total. The summed E-state index contributed by atoms with van der Waals surface area (Å²) in [5.74, 6) is 1.12. The maximum absolute atomic E-state index is 4.72. The fraction of sp³-hybridized carbons (Fsp3) is 0.188. The molecule has 3 rings (SSSR count). The van der Waals surface area contributed by atoms with Crippen molar-refractivity contribution >= 4 is 17.2 Å². The lowest BCUT2D eigenvalue weighted by molar-refractivity contribution is 0.849. The van der Waals surface area contributed by atoms with Crippen molar-refractivity contribution in [2.45, 2.75) is 19.4 Å². The molecule has 0 N–H and O–H groups in total. The molecule has 2 aromatic carbocycles. The molecule has 1 aliphatic rings. The highest BCUT2D eigenvalue weighted by Crippen LogP contribution is 2.41. The van der Waals surface area contributed by atoms with Gasteiger partial charge in [-0.3, -0.25) is 0 Å². The van der Waals surface area contributed by atoms with Gasteiger partial charge >= 0.3 is 0 Å². The predicted octanol–water partition coefficient (Wildman–Crippen LogP) is 4.02. The van der Waals surface area contributed by atoms with Gasteiger partial charge in [0.2, 0.25) is 0 Å². The highest BCUT2D eigenvalue weighted by atomic mass is 15.4. The average Bonchev–Trinajstić information content (AvgIpc) is 2.93. The Morgan fingerprint density at radius 3 is 2.00 bits per heavy atom. The maximum atomic E-state index is 4.72. The van der Waals surface area contributed by atoms with Gasteiger partial charge in [-0.15, -0.1) is 0 Å². The van der Waals surface area contributed by atoms with Crippen LogP contribution >= 0.6 is 0 Å². The van der Waals surface area contributed by atoms with Gasteiger partial charge in [0.05, 0.1) is 11.2 Å². The molecule has 0 bridgehead atoms. The first-order valence-corrected chi connectivity index (χ1v) is 6.19. The van der Waals surface area contributed by atoms with E-state index in [1.165, 1.54) is 5.69 Å². The van der Waals surface area contributed by atoms with Crippen LogP contribution in [0.15, 0.2) is 65.7 Å².